The summed E-state index contributed by atoms with van der Waals surface area (Å²) in [7, 11) is -4.38. The van der Waals surface area contributed by atoms with Gasteiger partial charge in [0.1, 0.15) is 35.6 Å². The van der Waals surface area contributed by atoms with Crippen LogP contribution in [0.4, 0.5) is 10.1 Å². The smallest absolute Gasteiger partial charge is 0.350 e. The van der Waals surface area contributed by atoms with Crippen molar-refractivity contribution in [1.82, 2.24) is 14.8 Å². The fourth-order valence-electron chi connectivity index (χ4n) is 3.67. The van der Waals surface area contributed by atoms with Crippen LogP contribution in [-0.2, 0) is 20.5 Å². The van der Waals surface area contributed by atoms with Crippen molar-refractivity contribution in [1.29, 1.82) is 0 Å². The fourth-order valence-corrected chi connectivity index (χ4v) is 4.20. The molecule has 0 saturated carbocycles. The van der Waals surface area contributed by atoms with Gasteiger partial charge >= 0.3 is 7.60 Å². The second kappa shape index (κ2) is 10.2. The van der Waals surface area contributed by atoms with E-state index >= 15 is 0 Å². The van der Waals surface area contributed by atoms with Gasteiger partial charge < -0.3 is 34.8 Å². The molecule has 0 aliphatic carbocycles. The third kappa shape index (κ3) is 5.73. The van der Waals surface area contributed by atoms with Crippen LogP contribution in [-0.4, -0.2) is 72.6 Å². The fraction of sp³-hybridized carbons (Fsp3) is 0.400. The predicted molar refractivity (Wildman–Crippen MR) is 120 cm³/mol. The molecule has 3 aromatic rings. The standard InChI is InChI=1S/C20H23ClFN4O7P/c21-16-7-14(23-6-5-11-1-3-12(22)4-2-11)13-8-24-26(19(13)25-16)20-18(28)17(27)15(33-20)9-32-10-34(29,30)31/h1-4,7-8,15,17-18,20,27-28H,5-6,9-10H2,(H,23,25)(H2,29,30,31)/t15-,17-,18-,20-/m1/s1. The molecule has 184 valence electrons. The lowest BCUT2D eigenvalue weighted by atomic mass is 10.1. The molecule has 4 rings (SSSR count). The number of hydrogen-bond acceptors (Lipinski definition) is 8. The average molecular weight is 517 g/mol. The van der Waals surface area contributed by atoms with Crippen molar-refractivity contribution in [3.63, 3.8) is 0 Å². The Morgan fingerprint density at radius 3 is 2.68 bits per heavy atom. The molecule has 5 N–H and O–H groups in total. The third-order valence-corrected chi connectivity index (χ3v) is 6.01. The molecule has 2 aromatic heterocycles. The number of benzene rings is 1. The SMILES string of the molecule is O=P(O)(O)COC[C@H]1O[C@@H](n2ncc3c(NCCc4ccc(F)cc4)cc(Cl)nc32)[C@H](O)[C@@H]1O. The van der Waals surface area contributed by atoms with Crippen molar-refractivity contribution in [3.8, 4) is 0 Å². The number of nitrogens with zero attached hydrogens (tertiary/aromatic N) is 3. The number of pyridine rings is 1. The average Bonchev–Trinajstić information content (AvgIpc) is 3.30. The number of halogens is 2. The first-order valence-electron chi connectivity index (χ1n) is 10.3. The van der Waals surface area contributed by atoms with Gasteiger partial charge in [-0.2, -0.15) is 5.10 Å². The second-order valence-electron chi connectivity index (χ2n) is 7.83. The summed E-state index contributed by atoms with van der Waals surface area (Å²) in [6, 6.07) is 7.82. The monoisotopic (exact) mass is 516 g/mol. The highest BCUT2D eigenvalue weighted by atomic mass is 35.5. The van der Waals surface area contributed by atoms with Gasteiger partial charge in [-0.05, 0) is 30.2 Å². The molecule has 4 atom stereocenters. The topological polar surface area (TPSA) is 159 Å². The maximum Gasteiger partial charge on any atom is 0.350 e. The molecule has 3 heterocycles. The molecule has 0 radical (unpaired) electrons. The highest BCUT2D eigenvalue weighted by molar-refractivity contribution is 7.51. The van der Waals surface area contributed by atoms with Crippen molar-refractivity contribution < 1.29 is 38.4 Å². The molecule has 14 heteroatoms. The molecule has 1 aliphatic heterocycles. The highest BCUT2D eigenvalue weighted by Gasteiger charge is 2.45. The zero-order valence-corrected chi connectivity index (χ0v) is 19.3. The molecule has 34 heavy (non-hydrogen) atoms. The lowest BCUT2D eigenvalue weighted by Crippen LogP contribution is -2.34. The quantitative estimate of drug-likeness (QED) is 0.209. The first-order chi connectivity index (χ1) is 16.1. The number of aliphatic hydroxyl groups is 2. The second-order valence-corrected chi connectivity index (χ2v) is 9.81. The summed E-state index contributed by atoms with van der Waals surface area (Å²) in [5.41, 5.74) is 1.88. The van der Waals surface area contributed by atoms with Crippen molar-refractivity contribution >= 4 is 35.9 Å². The summed E-state index contributed by atoms with van der Waals surface area (Å²) in [6.45, 7) is 0.177. The normalized spacial score (nSPS) is 23.0. The van der Waals surface area contributed by atoms with E-state index in [1.54, 1.807) is 18.2 Å². The van der Waals surface area contributed by atoms with E-state index in [0.29, 0.717) is 29.7 Å². The van der Waals surface area contributed by atoms with Crippen molar-refractivity contribution in [3.05, 3.63) is 53.1 Å². The Morgan fingerprint density at radius 1 is 1.24 bits per heavy atom. The van der Waals surface area contributed by atoms with Crippen LogP contribution >= 0.6 is 19.2 Å². The van der Waals surface area contributed by atoms with Gasteiger partial charge in [-0.25, -0.2) is 14.1 Å². The van der Waals surface area contributed by atoms with Crippen LogP contribution < -0.4 is 5.32 Å². The Balaban J connectivity index is 1.48. The van der Waals surface area contributed by atoms with Crippen LogP contribution in [0.2, 0.25) is 5.15 Å². The number of aromatic nitrogens is 3. The van der Waals surface area contributed by atoms with Gasteiger partial charge in [-0.15, -0.1) is 0 Å². The van der Waals surface area contributed by atoms with E-state index in [1.807, 2.05) is 0 Å². The molecule has 0 amide bonds. The maximum absolute atomic E-state index is 13.1. The molecular formula is C20H23ClFN4O7P. The highest BCUT2D eigenvalue weighted by Crippen LogP contribution is 2.36. The van der Waals surface area contributed by atoms with Crippen LogP contribution in [0.5, 0.6) is 0 Å². The molecule has 11 nitrogen and oxygen atoms in total. The number of ether oxygens (including phenoxy) is 2. The molecule has 0 bridgehead atoms. The summed E-state index contributed by atoms with van der Waals surface area (Å²) in [5, 5.41) is 29.0. The first kappa shape index (κ1) is 25.0. The van der Waals surface area contributed by atoms with Gasteiger partial charge in [0.25, 0.3) is 0 Å². The van der Waals surface area contributed by atoms with Gasteiger partial charge in [0.2, 0.25) is 0 Å². The zero-order valence-electron chi connectivity index (χ0n) is 17.7. The van der Waals surface area contributed by atoms with Crippen molar-refractivity contribution in [2.45, 2.75) is 31.0 Å². The number of hydrogen-bond donors (Lipinski definition) is 5. The Morgan fingerprint density at radius 2 is 1.97 bits per heavy atom. The molecular weight excluding hydrogens is 494 g/mol. The molecule has 0 spiro atoms. The maximum atomic E-state index is 13.1. The minimum atomic E-state index is -4.38. The van der Waals surface area contributed by atoms with Crippen LogP contribution in [0.3, 0.4) is 0 Å². The van der Waals surface area contributed by atoms with E-state index in [9.17, 15) is 19.2 Å². The third-order valence-electron chi connectivity index (χ3n) is 5.30. The molecule has 0 unspecified atom stereocenters. The summed E-state index contributed by atoms with van der Waals surface area (Å²) >= 11 is 6.20. The number of fused-ring (bicyclic) bond motifs is 1. The van der Waals surface area contributed by atoms with E-state index in [4.69, 9.17) is 30.9 Å². The number of nitrogens with one attached hydrogen (secondary N) is 1. The number of aliphatic hydroxyl groups excluding tert-OH is 2. The van der Waals surface area contributed by atoms with E-state index < -0.39 is 38.5 Å². The summed E-state index contributed by atoms with van der Waals surface area (Å²) < 4.78 is 35.9. The summed E-state index contributed by atoms with van der Waals surface area (Å²) in [6.07, 6.45) is -3.65. The Bertz CT molecular complexity index is 1190. The van der Waals surface area contributed by atoms with Crippen LogP contribution in [0, 0.1) is 5.82 Å². The Hall–Kier alpha value is -2.15. The zero-order chi connectivity index (χ0) is 24.5. The number of rotatable bonds is 9. The minimum absolute atomic E-state index is 0.160. The van der Waals surface area contributed by atoms with E-state index in [0.717, 1.165) is 5.56 Å². The van der Waals surface area contributed by atoms with E-state index in [2.05, 4.69) is 15.4 Å². The van der Waals surface area contributed by atoms with Gasteiger partial charge in [-0.1, -0.05) is 23.7 Å². The van der Waals surface area contributed by atoms with Gasteiger partial charge in [0.15, 0.2) is 11.9 Å². The van der Waals surface area contributed by atoms with Gasteiger partial charge in [-0.3, -0.25) is 4.57 Å². The van der Waals surface area contributed by atoms with Crippen LogP contribution in [0.1, 0.15) is 11.8 Å². The first-order valence-corrected chi connectivity index (χ1v) is 12.5. The van der Waals surface area contributed by atoms with Gasteiger partial charge in [0.05, 0.1) is 18.2 Å². The Kier molecular flexibility index (Phi) is 7.51. The lowest BCUT2D eigenvalue weighted by Gasteiger charge is -2.16. The Labute approximate surface area is 198 Å². The summed E-state index contributed by atoms with van der Waals surface area (Å²) in [5.74, 6) is -0.302. The minimum Gasteiger partial charge on any atom is -0.387 e. The predicted octanol–water partition coefficient (Wildman–Crippen LogP) is 1.65. The van der Waals surface area contributed by atoms with Crippen LogP contribution in [0.15, 0.2) is 36.5 Å². The lowest BCUT2D eigenvalue weighted by molar-refractivity contribution is -0.0658. The van der Waals surface area contributed by atoms with Gasteiger partial charge in [0, 0.05) is 12.2 Å². The molecule has 1 aliphatic rings. The van der Waals surface area contributed by atoms with Crippen LogP contribution in [0.25, 0.3) is 11.0 Å². The largest absolute Gasteiger partial charge is 0.387 e. The number of anilines is 1. The molecule has 1 saturated heterocycles. The van der Waals surface area contributed by atoms with Crippen molar-refractivity contribution in [2.75, 3.05) is 24.8 Å². The molecule has 1 fully saturated rings. The van der Waals surface area contributed by atoms with E-state index in [-0.39, 0.29) is 17.6 Å². The van der Waals surface area contributed by atoms with E-state index in [1.165, 1.54) is 23.0 Å². The molecule has 1 aromatic carbocycles. The van der Waals surface area contributed by atoms with Crippen molar-refractivity contribution in [2.24, 2.45) is 0 Å². The summed E-state index contributed by atoms with van der Waals surface area (Å²) in [4.78, 5) is 22.1.